The summed E-state index contributed by atoms with van der Waals surface area (Å²) in [7, 11) is 0. The number of nitrogens with zero attached hydrogens (tertiary/aromatic N) is 3. The third-order valence-corrected chi connectivity index (χ3v) is 4.95. The number of aliphatic hydroxyl groups is 1. The highest BCUT2D eigenvalue weighted by Gasteiger charge is 2.27. The Morgan fingerprint density at radius 2 is 2.07 bits per heavy atom. The van der Waals surface area contributed by atoms with Gasteiger partial charge in [-0.1, -0.05) is 29.3 Å². The normalized spacial score (nSPS) is 19.5. The number of rotatable bonds is 4. The van der Waals surface area contributed by atoms with Crippen LogP contribution in [-0.4, -0.2) is 38.3 Å². The summed E-state index contributed by atoms with van der Waals surface area (Å²) in [5, 5.41) is 12.9. The van der Waals surface area contributed by atoms with E-state index in [9.17, 15) is 9.90 Å². The van der Waals surface area contributed by atoms with Gasteiger partial charge in [0.2, 0.25) is 5.95 Å². The number of amides is 1. The van der Waals surface area contributed by atoms with Gasteiger partial charge in [0, 0.05) is 11.8 Å². The fraction of sp³-hybridized carbons (Fsp3) is 0.316. The van der Waals surface area contributed by atoms with Crippen LogP contribution in [0, 0.1) is 6.92 Å². The van der Waals surface area contributed by atoms with Crippen molar-refractivity contribution in [3.8, 4) is 0 Å². The molecule has 1 aliphatic rings. The Labute approximate surface area is 160 Å². The summed E-state index contributed by atoms with van der Waals surface area (Å²) >= 11 is 6.29. The van der Waals surface area contributed by atoms with Gasteiger partial charge in [0.1, 0.15) is 17.0 Å². The van der Waals surface area contributed by atoms with E-state index in [1.165, 1.54) is 0 Å². The molecule has 140 valence electrons. The largest absolute Gasteiger partial charge is 0.394 e. The first-order valence-electron chi connectivity index (χ1n) is 8.73. The number of benzene rings is 1. The Morgan fingerprint density at radius 1 is 1.30 bits per heavy atom. The van der Waals surface area contributed by atoms with Gasteiger partial charge < -0.3 is 14.4 Å². The average Bonchev–Trinajstić information content (AvgIpc) is 3.28. The van der Waals surface area contributed by atoms with E-state index in [1.54, 1.807) is 12.1 Å². The number of hydrogen-bond acceptors (Lipinski definition) is 5. The minimum absolute atomic E-state index is 0.0106. The number of fused-ring (bicyclic) bond motifs is 1. The van der Waals surface area contributed by atoms with Crippen LogP contribution < -0.4 is 5.32 Å². The molecule has 1 amide bonds. The molecule has 3 aromatic rings. The number of carbonyl (C=O) groups excluding carboxylic acids is 1. The quantitative estimate of drug-likeness (QED) is 0.671. The number of nitrogens with one attached hydrogen (secondary N) is 1. The molecule has 8 heteroatoms. The zero-order chi connectivity index (χ0) is 19.0. The van der Waals surface area contributed by atoms with Crippen LogP contribution in [0.25, 0.3) is 11.0 Å². The van der Waals surface area contributed by atoms with Crippen LogP contribution in [0.2, 0.25) is 5.15 Å². The molecule has 2 N–H and O–H groups in total. The highest BCUT2D eigenvalue weighted by Crippen LogP contribution is 2.32. The van der Waals surface area contributed by atoms with E-state index in [0.29, 0.717) is 16.6 Å². The maximum absolute atomic E-state index is 12.4. The topological polar surface area (TPSA) is 89.3 Å². The van der Waals surface area contributed by atoms with Crippen molar-refractivity contribution in [1.29, 1.82) is 0 Å². The van der Waals surface area contributed by atoms with Crippen LogP contribution >= 0.6 is 11.6 Å². The Balaban J connectivity index is 1.63. The van der Waals surface area contributed by atoms with E-state index >= 15 is 0 Å². The number of ether oxygens (including phenoxy) is 1. The smallest absolute Gasteiger partial charge is 0.258 e. The highest BCUT2D eigenvalue weighted by atomic mass is 35.5. The molecule has 1 fully saturated rings. The molecule has 3 heterocycles. The number of anilines is 1. The maximum Gasteiger partial charge on any atom is 0.258 e. The monoisotopic (exact) mass is 386 g/mol. The van der Waals surface area contributed by atoms with Gasteiger partial charge in [-0.2, -0.15) is 9.97 Å². The van der Waals surface area contributed by atoms with E-state index < -0.39 is 0 Å². The van der Waals surface area contributed by atoms with Gasteiger partial charge in [-0.15, -0.1) is 0 Å². The number of halogens is 1. The minimum atomic E-state index is -0.305. The average molecular weight is 387 g/mol. The van der Waals surface area contributed by atoms with Crippen LogP contribution in [0.1, 0.15) is 35.0 Å². The predicted molar refractivity (Wildman–Crippen MR) is 102 cm³/mol. The van der Waals surface area contributed by atoms with Crippen LogP contribution in [0.4, 0.5) is 5.95 Å². The van der Waals surface area contributed by atoms with Crippen molar-refractivity contribution in [3.63, 3.8) is 0 Å². The van der Waals surface area contributed by atoms with Gasteiger partial charge in [-0.25, -0.2) is 0 Å². The first-order valence-corrected chi connectivity index (χ1v) is 9.11. The molecule has 4 rings (SSSR count). The lowest BCUT2D eigenvalue weighted by molar-refractivity contribution is -0.0204. The van der Waals surface area contributed by atoms with Crippen LogP contribution in [0.5, 0.6) is 0 Å². The van der Waals surface area contributed by atoms with Crippen molar-refractivity contribution in [2.45, 2.75) is 32.1 Å². The Kier molecular flexibility index (Phi) is 4.82. The summed E-state index contributed by atoms with van der Waals surface area (Å²) in [5.41, 5.74) is 2.17. The van der Waals surface area contributed by atoms with Crippen molar-refractivity contribution >= 4 is 34.5 Å². The van der Waals surface area contributed by atoms with Gasteiger partial charge in [-0.05, 0) is 38.0 Å². The molecule has 0 unspecified atom stereocenters. The summed E-state index contributed by atoms with van der Waals surface area (Å²) in [6.45, 7) is 1.95. The molecular weight excluding hydrogens is 368 g/mol. The SMILES string of the molecule is Cc1ccc(C(=O)Nc2nc(Cl)c3ccn([C@H]4CC[C@@H](CO)O4)c3n2)cc1. The van der Waals surface area contributed by atoms with Crippen molar-refractivity contribution < 1.29 is 14.6 Å². The molecule has 0 spiro atoms. The molecule has 0 saturated carbocycles. The van der Waals surface area contributed by atoms with E-state index in [4.69, 9.17) is 16.3 Å². The standard InChI is InChI=1S/C19H19ClN4O3/c1-11-2-4-12(5-3-11)18(26)23-19-21-16(20)14-8-9-24(17(14)22-19)15-7-6-13(10-25)27-15/h2-5,8-9,13,15,25H,6-7,10H2,1H3,(H,21,22,23,26)/t13-,15+/m0/s1. The molecule has 2 atom stereocenters. The fourth-order valence-corrected chi connectivity index (χ4v) is 3.42. The van der Waals surface area contributed by atoms with E-state index in [-0.39, 0.29) is 35.9 Å². The molecule has 7 nitrogen and oxygen atoms in total. The Morgan fingerprint density at radius 3 is 2.78 bits per heavy atom. The van der Waals surface area contributed by atoms with Crippen LogP contribution in [0.15, 0.2) is 36.5 Å². The molecule has 27 heavy (non-hydrogen) atoms. The summed E-state index contributed by atoms with van der Waals surface area (Å²) < 4.78 is 7.69. The lowest BCUT2D eigenvalue weighted by Crippen LogP contribution is -2.16. The number of aliphatic hydroxyl groups excluding tert-OH is 1. The van der Waals surface area contributed by atoms with Crippen LogP contribution in [0.3, 0.4) is 0 Å². The lowest BCUT2D eigenvalue weighted by atomic mass is 10.1. The molecule has 1 saturated heterocycles. The third-order valence-electron chi connectivity index (χ3n) is 4.66. The number of carbonyl (C=O) groups is 1. The molecule has 0 aliphatic carbocycles. The second-order valence-corrected chi connectivity index (χ2v) is 6.95. The zero-order valence-corrected chi connectivity index (χ0v) is 15.5. The third kappa shape index (κ3) is 3.53. The van der Waals surface area contributed by atoms with E-state index in [2.05, 4.69) is 15.3 Å². The summed E-state index contributed by atoms with van der Waals surface area (Å²) in [6.07, 6.45) is 2.97. The Bertz CT molecular complexity index is 987. The number of hydrogen-bond donors (Lipinski definition) is 2. The lowest BCUT2D eigenvalue weighted by Gasteiger charge is -2.15. The highest BCUT2D eigenvalue weighted by molar-refractivity contribution is 6.34. The Hall–Kier alpha value is -2.48. The van der Waals surface area contributed by atoms with Crippen molar-refractivity contribution in [3.05, 3.63) is 52.8 Å². The molecular formula is C19H19ClN4O3. The predicted octanol–water partition coefficient (Wildman–Crippen LogP) is 3.32. The van der Waals surface area contributed by atoms with Crippen molar-refractivity contribution in [2.75, 3.05) is 11.9 Å². The molecule has 2 aromatic heterocycles. The van der Waals surface area contributed by atoms with Crippen molar-refractivity contribution in [2.24, 2.45) is 0 Å². The van der Waals surface area contributed by atoms with Gasteiger partial charge in [0.25, 0.3) is 5.91 Å². The van der Waals surface area contributed by atoms with Gasteiger partial charge in [0.05, 0.1) is 18.1 Å². The molecule has 1 aromatic carbocycles. The van der Waals surface area contributed by atoms with E-state index in [1.807, 2.05) is 35.9 Å². The number of aromatic nitrogens is 3. The molecule has 1 aliphatic heterocycles. The zero-order valence-electron chi connectivity index (χ0n) is 14.7. The van der Waals surface area contributed by atoms with Crippen LogP contribution in [-0.2, 0) is 4.74 Å². The second-order valence-electron chi connectivity index (χ2n) is 6.59. The fourth-order valence-electron chi connectivity index (χ4n) is 3.19. The second kappa shape index (κ2) is 7.26. The van der Waals surface area contributed by atoms with Gasteiger partial charge in [-0.3, -0.25) is 10.1 Å². The summed E-state index contributed by atoms with van der Waals surface area (Å²) in [4.78, 5) is 21.1. The first kappa shape index (κ1) is 17.9. The van der Waals surface area contributed by atoms with Gasteiger partial charge in [0.15, 0.2) is 0 Å². The van der Waals surface area contributed by atoms with E-state index in [0.717, 1.165) is 18.4 Å². The van der Waals surface area contributed by atoms with Gasteiger partial charge >= 0.3 is 0 Å². The first-order chi connectivity index (χ1) is 13.0. The molecule has 0 bridgehead atoms. The van der Waals surface area contributed by atoms with Crippen molar-refractivity contribution in [1.82, 2.24) is 14.5 Å². The maximum atomic E-state index is 12.4. The summed E-state index contributed by atoms with van der Waals surface area (Å²) in [6, 6.07) is 9.04. The number of aryl methyl sites for hydroxylation is 1. The minimum Gasteiger partial charge on any atom is -0.394 e. The summed E-state index contributed by atoms with van der Waals surface area (Å²) in [5.74, 6) is -0.171. The molecule has 0 radical (unpaired) electrons.